The second kappa shape index (κ2) is 3.97. The predicted octanol–water partition coefficient (Wildman–Crippen LogP) is 3.67. The molecule has 3 heteroatoms. The topological polar surface area (TPSA) is 12.9 Å². The largest absolute Gasteiger partial charge is 0.250 e. The van der Waals surface area contributed by atoms with E-state index in [0.29, 0.717) is 6.42 Å². The van der Waals surface area contributed by atoms with Crippen LogP contribution >= 0.6 is 11.3 Å². The fraction of sp³-hybridized carbons (Fsp3) is 0.727. The van der Waals surface area contributed by atoms with Crippen molar-refractivity contribution in [2.24, 2.45) is 0 Å². The number of rotatable bonds is 2. The first kappa shape index (κ1) is 10.1. The molecule has 1 nitrogen and oxygen atoms in total. The molecule has 1 saturated carbocycles. The molecule has 0 saturated heterocycles. The van der Waals surface area contributed by atoms with E-state index in [4.69, 9.17) is 0 Å². The summed E-state index contributed by atoms with van der Waals surface area (Å²) < 4.78 is 14.2. The lowest BCUT2D eigenvalue weighted by Gasteiger charge is -2.28. The van der Waals surface area contributed by atoms with Gasteiger partial charge in [0.05, 0.1) is 5.01 Å². The summed E-state index contributed by atoms with van der Waals surface area (Å²) >= 11 is 1.63. The van der Waals surface area contributed by atoms with E-state index >= 15 is 0 Å². The monoisotopic (exact) mass is 213 g/mol. The van der Waals surface area contributed by atoms with Gasteiger partial charge in [0.2, 0.25) is 0 Å². The van der Waals surface area contributed by atoms with Crippen molar-refractivity contribution < 1.29 is 4.39 Å². The third kappa shape index (κ3) is 2.32. The third-order valence-corrected chi connectivity index (χ3v) is 3.82. The van der Waals surface area contributed by atoms with Gasteiger partial charge in [0, 0.05) is 17.5 Å². The van der Waals surface area contributed by atoms with Gasteiger partial charge in [0.1, 0.15) is 5.67 Å². The smallest absolute Gasteiger partial charge is 0.116 e. The van der Waals surface area contributed by atoms with Crippen LogP contribution in [0.5, 0.6) is 0 Å². The van der Waals surface area contributed by atoms with Crippen molar-refractivity contribution in [1.29, 1.82) is 0 Å². The van der Waals surface area contributed by atoms with E-state index in [1.807, 2.05) is 13.1 Å². The molecular formula is C11H16FNS. The Morgan fingerprint density at radius 2 is 2.14 bits per heavy atom. The molecule has 2 rings (SSSR count). The highest BCUT2D eigenvalue weighted by atomic mass is 32.1. The van der Waals surface area contributed by atoms with Crippen molar-refractivity contribution in [2.75, 3.05) is 0 Å². The number of alkyl halides is 1. The van der Waals surface area contributed by atoms with Crippen LogP contribution < -0.4 is 0 Å². The molecule has 14 heavy (non-hydrogen) atoms. The molecule has 0 amide bonds. The van der Waals surface area contributed by atoms with Crippen molar-refractivity contribution in [3.05, 3.63) is 16.1 Å². The second-order valence-corrected chi connectivity index (χ2v) is 5.55. The van der Waals surface area contributed by atoms with Gasteiger partial charge in [-0.3, -0.25) is 0 Å². The molecule has 1 aliphatic carbocycles. The number of aryl methyl sites for hydroxylation is 1. The summed E-state index contributed by atoms with van der Waals surface area (Å²) in [5.74, 6) is 0. The molecule has 1 heterocycles. The molecular weight excluding hydrogens is 197 g/mol. The highest BCUT2D eigenvalue weighted by Gasteiger charge is 2.32. The van der Waals surface area contributed by atoms with Gasteiger partial charge in [-0.15, -0.1) is 11.3 Å². The predicted molar refractivity (Wildman–Crippen MR) is 57.5 cm³/mol. The maximum absolute atomic E-state index is 14.2. The van der Waals surface area contributed by atoms with Crippen molar-refractivity contribution in [2.45, 2.75) is 51.1 Å². The van der Waals surface area contributed by atoms with Crippen LogP contribution in [0, 0.1) is 6.92 Å². The van der Waals surface area contributed by atoms with Gasteiger partial charge in [-0.2, -0.15) is 0 Å². The molecule has 1 aromatic heterocycles. The Kier molecular flexibility index (Phi) is 2.86. The van der Waals surface area contributed by atoms with E-state index in [-0.39, 0.29) is 0 Å². The number of hydrogen-bond acceptors (Lipinski definition) is 2. The summed E-state index contributed by atoms with van der Waals surface area (Å²) in [4.78, 5) is 5.27. The van der Waals surface area contributed by atoms with Gasteiger partial charge < -0.3 is 0 Å². The Morgan fingerprint density at radius 3 is 2.71 bits per heavy atom. The fourth-order valence-corrected chi connectivity index (χ4v) is 3.08. The third-order valence-electron chi connectivity index (χ3n) is 2.91. The molecule has 0 aliphatic heterocycles. The minimum absolute atomic E-state index is 0.582. The fourth-order valence-electron chi connectivity index (χ4n) is 2.16. The average molecular weight is 213 g/mol. The van der Waals surface area contributed by atoms with Crippen LogP contribution in [-0.4, -0.2) is 10.7 Å². The molecule has 1 aliphatic rings. The molecule has 0 bridgehead atoms. The normalized spacial score (nSPS) is 21.0. The van der Waals surface area contributed by atoms with Crippen LogP contribution in [0.2, 0.25) is 0 Å². The summed E-state index contributed by atoms with van der Waals surface area (Å²) in [5, 5.41) is 1.04. The zero-order valence-corrected chi connectivity index (χ0v) is 9.37. The Balaban J connectivity index is 2.01. The van der Waals surface area contributed by atoms with Crippen LogP contribution in [0.15, 0.2) is 6.20 Å². The molecule has 0 N–H and O–H groups in total. The minimum Gasteiger partial charge on any atom is -0.250 e. The van der Waals surface area contributed by atoms with Gasteiger partial charge in [0.25, 0.3) is 0 Å². The van der Waals surface area contributed by atoms with Gasteiger partial charge >= 0.3 is 0 Å². The van der Waals surface area contributed by atoms with Gasteiger partial charge in [-0.1, -0.05) is 19.3 Å². The first-order valence-corrected chi connectivity index (χ1v) is 6.10. The summed E-state index contributed by atoms with van der Waals surface area (Å²) in [7, 11) is 0. The molecule has 0 atom stereocenters. The lowest BCUT2D eigenvalue weighted by atomic mass is 9.84. The Bertz CT molecular complexity index is 302. The zero-order chi connectivity index (χ0) is 10.0. The van der Waals surface area contributed by atoms with Crippen molar-refractivity contribution in [3.8, 4) is 0 Å². The highest BCUT2D eigenvalue weighted by Crippen LogP contribution is 2.35. The van der Waals surface area contributed by atoms with Gasteiger partial charge in [0.15, 0.2) is 0 Å². The minimum atomic E-state index is -0.933. The lowest BCUT2D eigenvalue weighted by molar-refractivity contribution is 0.108. The first-order valence-electron chi connectivity index (χ1n) is 5.28. The molecule has 1 fully saturated rings. The quantitative estimate of drug-likeness (QED) is 0.730. The van der Waals surface area contributed by atoms with Crippen LogP contribution in [0.3, 0.4) is 0 Å². The Morgan fingerprint density at radius 1 is 1.43 bits per heavy atom. The van der Waals surface area contributed by atoms with Gasteiger partial charge in [-0.05, 0) is 19.8 Å². The number of hydrogen-bond donors (Lipinski definition) is 0. The average Bonchev–Trinajstić information content (AvgIpc) is 2.51. The maximum atomic E-state index is 14.2. The first-order chi connectivity index (χ1) is 6.68. The van der Waals surface area contributed by atoms with Crippen LogP contribution in [0.4, 0.5) is 4.39 Å². The zero-order valence-electron chi connectivity index (χ0n) is 8.55. The van der Waals surface area contributed by atoms with Crippen LogP contribution in [0.25, 0.3) is 0 Å². The van der Waals surface area contributed by atoms with Crippen molar-refractivity contribution in [3.63, 3.8) is 0 Å². The van der Waals surface area contributed by atoms with Crippen LogP contribution in [0.1, 0.15) is 42.0 Å². The number of halogens is 1. The molecule has 1 aromatic rings. The van der Waals surface area contributed by atoms with Gasteiger partial charge in [-0.25, -0.2) is 9.37 Å². The number of thiazole rings is 1. The maximum Gasteiger partial charge on any atom is 0.116 e. The lowest BCUT2D eigenvalue weighted by Crippen LogP contribution is -2.28. The number of nitrogens with zero attached hydrogens (tertiary/aromatic N) is 1. The van der Waals surface area contributed by atoms with E-state index in [0.717, 1.165) is 35.6 Å². The summed E-state index contributed by atoms with van der Waals surface area (Å²) in [6, 6.07) is 0. The Labute approximate surface area is 88.4 Å². The second-order valence-electron chi connectivity index (χ2n) is 4.23. The van der Waals surface area contributed by atoms with Crippen LogP contribution in [-0.2, 0) is 6.42 Å². The summed E-state index contributed by atoms with van der Waals surface area (Å²) in [6.45, 7) is 1.97. The SMILES string of the molecule is Cc1ncc(CC2(F)CCCCC2)s1. The van der Waals surface area contributed by atoms with E-state index in [1.54, 1.807) is 11.3 Å². The summed E-state index contributed by atoms with van der Waals surface area (Å²) in [5.41, 5.74) is -0.933. The molecule has 0 radical (unpaired) electrons. The van der Waals surface area contributed by atoms with Crippen molar-refractivity contribution >= 4 is 11.3 Å². The molecule has 78 valence electrons. The van der Waals surface area contributed by atoms with E-state index in [9.17, 15) is 4.39 Å². The molecule has 0 spiro atoms. The highest BCUT2D eigenvalue weighted by molar-refractivity contribution is 7.11. The van der Waals surface area contributed by atoms with E-state index in [1.165, 1.54) is 6.42 Å². The summed E-state index contributed by atoms with van der Waals surface area (Å²) in [6.07, 6.45) is 7.19. The van der Waals surface area contributed by atoms with Crippen molar-refractivity contribution in [1.82, 2.24) is 4.98 Å². The molecule has 0 unspecified atom stereocenters. The van der Waals surface area contributed by atoms with E-state index in [2.05, 4.69) is 4.98 Å². The standard InChI is InChI=1S/C11H16FNS/c1-9-13-8-10(14-9)7-11(12)5-3-2-4-6-11/h8H,2-7H2,1H3. The molecule has 0 aromatic carbocycles. The van der Waals surface area contributed by atoms with E-state index < -0.39 is 5.67 Å². The number of aromatic nitrogens is 1. The Hall–Kier alpha value is -0.440.